The number of nitrogens with one attached hydrogen (secondary N) is 1. The van der Waals surface area contributed by atoms with E-state index < -0.39 is 0 Å². The van der Waals surface area contributed by atoms with E-state index >= 15 is 0 Å². The summed E-state index contributed by atoms with van der Waals surface area (Å²) in [5.41, 5.74) is 15.3. The summed E-state index contributed by atoms with van der Waals surface area (Å²) in [5, 5.41) is 8.12. The molecule has 39 heavy (non-hydrogen) atoms. The number of aliphatic imine (C=N–C) groups is 1. The second kappa shape index (κ2) is 14.8. The van der Waals surface area contributed by atoms with E-state index in [1.807, 2.05) is 24.0 Å². The van der Waals surface area contributed by atoms with E-state index in [1.54, 1.807) is 6.21 Å². The van der Waals surface area contributed by atoms with Gasteiger partial charge in [0, 0.05) is 49.9 Å². The van der Waals surface area contributed by atoms with Crippen LogP contribution in [0.5, 0.6) is 0 Å². The summed E-state index contributed by atoms with van der Waals surface area (Å²) in [4.78, 5) is 22.5. The molecule has 0 atom stereocenters. The molecule has 210 valence electrons. The Balaban J connectivity index is 2.08. The molecule has 3 rings (SSSR count). The van der Waals surface area contributed by atoms with Crippen molar-refractivity contribution >= 4 is 29.6 Å². The van der Waals surface area contributed by atoms with Crippen LogP contribution in [0.4, 0.5) is 5.69 Å². The van der Waals surface area contributed by atoms with Gasteiger partial charge in [-0.1, -0.05) is 44.6 Å². The molecule has 0 saturated carbocycles. The van der Waals surface area contributed by atoms with Crippen molar-refractivity contribution in [1.82, 2.24) is 9.80 Å². The zero-order chi connectivity index (χ0) is 28.4. The number of carbonyl (C=O) groups is 1. The van der Waals surface area contributed by atoms with Crippen molar-refractivity contribution in [2.24, 2.45) is 4.99 Å². The van der Waals surface area contributed by atoms with Crippen molar-refractivity contribution in [2.75, 3.05) is 39.0 Å². The van der Waals surface area contributed by atoms with E-state index in [9.17, 15) is 4.79 Å². The van der Waals surface area contributed by atoms with Crippen LogP contribution in [0.1, 0.15) is 82.4 Å². The molecule has 2 aliphatic rings. The van der Waals surface area contributed by atoms with Crippen LogP contribution in [-0.2, 0) is 4.79 Å². The van der Waals surface area contributed by atoms with Gasteiger partial charge in [0.05, 0.1) is 11.3 Å². The van der Waals surface area contributed by atoms with Gasteiger partial charge in [0.2, 0.25) is 0 Å². The number of likely N-dealkylation sites (N-methyl/N-ethyl adjacent to an activating group) is 1. The van der Waals surface area contributed by atoms with Crippen molar-refractivity contribution in [2.45, 2.75) is 72.6 Å². The number of nitrogens with zero attached hydrogens (tertiary/aromatic N) is 3. The standard InChI is InChI=1S/C33H47N5O/c1-6-9-13-27(26-14-10-11-15-28(26)32-24(4)16-17-30(35)29(32)22-34)31(12-7-2)36-23-25(8-3)33(39)38-20-18-37(5)19-21-38/h8,12-13,16-17,22-23,34H,6-7,9-11,14-15,18-21,35H2,1-5H3/b25-8+,27-13-,31-12+,34-22?,36-23-. The monoisotopic (exact) mass is 529 g/mol. The van der Waals surface area contributed by atoms with E-state index in [0.717, 1.165) is 99.1 Å². The zero-order valence-corrected chi connectivity index (χ0v) is 24.6. The lowest BCUT2D eigenvalue weighted by molar-refractivity contribution is -0.128. The molecular formula is C33H47N5O. The summed E-state index contributed by atoms with van der Waals surface area (Å²) < 4.78 is 0. The van der Waals surface area contributed by atoms with Crippen LogP contribution in [0.15, 0.2) is 57.8 Å². The molecule has 0 spiro atoms. The Labute approximate surface area is 235 Å². The number of unbranched alkanes of at least 4 members (excludes halogenated alkanes) is 1. The Kier molecular flexibility index (Phi) is 11.5. The van der Waals surface area contributed by atoms with E-state index in [2.05, 4.69) is 50.9 Å². The van der Waals surface area contributed by atoms with Crippen LogP contribution in [0.3, 0.4) is 0 Å². The maximum atomic E-state index is 13.3. The first kappa shape index (κ1) is 30.3. The normalized spacial score (nSPS) is 18.3. The fourth-order valence-electron chi connectivity index (χ4n) is 5.46. The van der Waals surface area contributed by atoms with Gasteiger partial charge in [0.15, 0.2) is 0 Å². The summed E-state index contributed by atoms with van der Waals surface area (Å²) in [6.07, 6.45) is 16.5. The van der Waals surface area contributed by atoms with Crippen LogP contribution in [0.2, 0.25) is 0 Å². The predicted molar refractivity (Wildman–Crippen MR) is 167 cm³/mol. The fraction of sp³-hybridized carbons (Fsp3) is 0.485. The third kappa shape index (κ3) is 7.45. The highest BCUT2D eigenvalue weighted by molar-refractivity contribution is 6.12. The number of hydrogen-bond donors (Lipinski definition) is 2. The third-order valence-corrected chi connectivity index (χ3v) is 7.73. The number of nitrogens with two attached hydrogens (primary N) is 1. The van der Waals surface area contributed by atoms with Crippen LogP contribution in [0.25, 0.3) is 5.57 Å². The van der Waals surface area contributed by atoms with Crippen molar-refractivity contribution in [3.8, 4) is 0 Å². The summed E-state index contributed by atoms with van der Waals surface area (Å²) in [5.74, 6) is 0.0490. The largest absolute Gasteiger partial charge is 0.398 e. The first-order chi connectivity index (χ1) is 18.9. The van der Waals surface area contributed by atoms with Crippen LogP contribution >= 0.6 is 0 Å². The van der Waals surface area contributed by atoms with Crippen molar-refractivity contribution in [1.29, 1.82) is 5.41 Å². The lowest BCUT2D eigenvalue weighted by Gasteiger charge is -2.32. The van der Waals surface area contributed by atoms with E-state index in [0.29, 0.717) is 11.3 Å². The Hall–Kier alpha value is -3.25. The fourth-order valence-corrected chi connectivity index (χ4v) is 5.46. The SMILES string of the molecule is C\C=C(/C=N\C(=C\CC)C(=C/CCC)\C1=C(c2c(C)ccc(N)c2C=N)CCCC1)C(=O)N1CCN(C)CC1. The number of aryl methyl sites for hydroxylation is 1. The topological polar surface area (TPSA) is 85.8 Å². The van der Waals surface area contributed by atoms with Crippen molar-refractivity contribution in [3.05, 3.63) is 69.5 Å². The Morgan fingerprint density at radius 1 is 1.10 bits per heavy atom. The minimum absolute atomic E-state index is 0.0490. The number of piperazine rings is 1. The lowest BCUT2D eigenvalue weighted by atomic mass is 9.79. The molecule has 0 bridgehead atoms. The van der Waals surface area contributed by atoms with Crippen molar-refractivity contribution in [3.63, 3.8) is 0 Å². The first-order valence-electron chi connectivity index (χ1n) is 14.6. The molecule has 1 aromatic rings. The number of nitrogen functional groups attached to an aromatic ring is 1. The maximum absolute atomic E-state index is 13.3. The Morgan fingerprint density at radius 2 is 1.82 bits per heavy atom. The van der Waals surface area contributed by atoms with E-state index in [4.69, 9.17) is 16.1 Å². The highest BCUT2D eigenvalue weighted by Gasteiger charge is 2.24. The second-order valence-electron chi connectivity index (χ2n) is 10.6. The number of rotatable bonds is 10. The van der Waals surface area contributed by atoms with Gasteiger partial charge >= 0.3 is 0 Å². The molecule has 0 radical (unpaired) electrons. The molecule has 6 nitrogen and oxygen atoms in total. The average molecular weight is 530 g/mol. The number of allylic oxidation sites excluding steroid dienone is 5. The molecule has 1 aromatic carbocycles. The maximum Gasteiger partial charge on any atom is 0.255 e. The molecule has 3 N–H and O–H groups in total. The minimum atomic E-state index is 0.0490. The first-order valence-corrected chi connectivity index (χ1v) is 14.6. The minimum Gasteiger partial charge on any atom is -0.398 e. The van der Waals surface area contributed by atoms with Crippen molar-refractivity contribution < 1.29 is 4.79 Å². The lowest BCUT2D eigenvalue weighted by Crippen LogP contribution is -2.47. The smallest absolute Gasteiger partial charge is 0.255 e. The van der Waals surface area contributed by atoms with Gasteiger partial charge in [0.25, 0.3) is 5.91 Å². The molecule has 1 aliphatic heterocycles. The summed E-state index contributed by atoms with van der Waals surface area (Å²) in [6, 6.07) is 3.97. The number of carbonyl (C=O) groups excluding carboxylic acids is 1. The van der Waals surface area contributed by atoms with E-state index in [-0.39, 0.29) is 5.91 Å². The zero-order valence-electron chi connectivity index (χ0n) is 24.6. The number of amides is 1. The highest BCUT2D eigenvalue weighted by Crippen LogP contribution is 2.42. The summed E-state index contributed by atoms with van der Waals surface area (Å²) in [6.45, 7) is 11.6. The van der Waals surface area contributed by atoms with Crippen LogP contribution < -0.4 is 5.73 Å². The molecule has 1 amide bonds. The number of hydrogen-bond acceptors (Lipinski definition) is 5. The highest BCUT2D eigenvalue weighted by atomic mass is 16.2. The van der Waals surface area contributed by atoms with Gasteiger partial charge in [-0.2, -0.15) is 0 Å². The average Bonchev–Trinajstić information content (AvgIpc) is 2.95. The molecular weight excluding hydrogens is 482 g/mol. The quantitative estimate of drug-likeness (QED) is 0.153. The Morgan fingerprint density at radius 3 is 2.46 bits per heavy atom. The third-order valence-electron chi connectivity index (χ3n) is 7.73. The molecule has 1 saturated heterocycles. The summed E-state index contributed by atoms with van der Waals surface area (Å²) in [7, 11) is 2.09. The van der Waals surface area contributed by atoms with Gasteiger partial charge in [-0.3, -0.25) is 9.79 Å². The summed E-state index contributed by atoms with van der Waals surface area (Å²) >= 11 is 0. The van der Waals surface area contributed by atoms with Gasteiger partial charge in [-0.15, -0.1) is 0 Å². The Bertz CT molecular complexity index is 1190. The number of benzene rings is 1. The molecule has 1 aliphatic carbocycles. The van der Waals surface area contributed by atoms with Crippen LogP contribution in [-0.4, -0.2) is 61.4 Å². The van der Waals surface area contributed by atoms with E-state index in [1.165, 1.54) is 17.4 Å². The molecule has 1 heterocycles. The number of anilines is 1. The molecule has 1 fully saturated rings. The van der Waals surface area contributed by atoms with Gasteiger partial charge in [-0.25, -0.2) is 0 Å². The van der Waals surface area contributed by atoms with Gasteiger partial charge < -0.3 is 20.9 Å². The molecule has 0 unspecified atom stereocenters. The van der Waals surface area contributed by atoms with Gasteiger partial charge in [0.1, 0.15) is 0 Å². The van der Waals surface area contributed by atoms with Crippen LogP contribution in [0, 0.1) is 12.3 Å². The van der Waals surface area contributed by atoms with Gasteiger partial charge in [-0.05, 0) is 93.3 Å². The predicted octanol–water partition coefficient (Wildman–Crippen LogP) is 6.71. The molecule has 6 heteroatoms. The second-order valence-corrected chi connectivity index (χ2v) is 10.6. The molecule has 0 aromatic heterocycles.